The summed E-state index contributed by atoms with van der Waals surface area (Å²) in [6.45, 7) is 0.455. The number of imidazole rings is 1. The Hall–Kier alpha value is -3.52. The van der Waals surface area contributed by atoms with Gasteiger partial charge in [-0.1, -0.05) is 54.1 Å². The van der Waals surface area contributed by atoms with Gasteiger partial charge in [0.05, 0.1) is 29.4 Å². The van der Waals surface area contributed by atoms with Crippen LogP contribution in [0.3, 0.4) is 0 Å². The molecule has 0 unspecified atom stereocenters. The molecule has 8 heteroatoms. The highest BCUT2D eigenvalue weighted by Gasteiger charge is 2.25. The van der Waals surface area contributed by atoms with Gasteiger partial charge in [0.1, 0.15) is 0 Å². The standard InChI is InChI=1S/C28H25ClN4O2S/c1-32(2)28(34)20-11-14-24-22(15-20)30-26(33(24)25(16-35-3)19-7-5-4-6-8-19)27-31-23(17-36-27)18-9-12-21(29)13-10-18/h4-15,17,25H,16H2,1-3H3/t25-/m1/s1. The number of nitrogens with zero attached hydrogens (tertiary/aromatic N) is 4. The lowest BCUT2D eigenvalue weighted by molar-refractivity contribution is 0.0827. The number of aromatic nitrogens is 3. The number of hydrogen-bond donors (Lipinski definition) is 0. The van der Waals surface area contributed by atoms with E-state index < -0.39 is 0 Å². The Morgan fingerprint density at radius 1 is 1.06 bits per heavy atom. The van der Waals surface area contributed by atoms with Crippen LogP contribution in [0.2, 0.25) is 5.02 Å². The van der Waals surface area contributed by atoms with Crippen LogP contribution < -0.4 is 0 Å². The van der Waals surface area contributed by atoms with Gasteiger partial charge < -0.3 is 14.2 Å². The quantitative estimate of drug-likeness (QED) is 0.250. The predicted octanol–water partition coefficient (Wildman–Crippen LogP) is 6.42. The van der Waals surface area contributed by atoms with Crippen LogP contribution >= 0.6 is 22.9 Å². The Balaban J connectivity index is 1.70. The number of methoxy groups -OCH3 is 1. The van der Waals surface area contributed by atoms with Gasteiger partial charge in [-0.15, -0.1) is 11.3 Å². The third kappa shape index (κ3) is 4.65. The van der Waals surface area contributed by atoms with E-state index in [2.05, 4.69) is 16.7 Å². The minimum Gasteiger partial charge on any atom is -0.382 e. The van der Waals surface area contributed by atoms with Gasteiger partial charge in [-0.05, 0) is 35.9 Å². The second kappa shape index (κ2) is 10.2. The van der Waals surface area contributed by atoms with Crippen molar-refractivity contribution < 1.29 is 9.53 Å². The number of carbonyl (C=O) groups excluding carboxylic acids is 1. The number of hydrogen-bond acceptors (Lipinski definition) is 5. The molecule has 0 radical (unpaired) electrons. The molecule has 5 rings (SSSR count). The van der Waals surface area contributed by atoms with Crippen LogP contribution in [0, 0.1) is 0 Å². The number of amides is 1. The highest BCUT2D eigenvalue weighted by molar-refractivity contribution is 7.13. The molecule has 182 valence electrons. The monoisotopic (exact) mass is 516 g/mol. The fourth-order valence-corrected chi connectivity index (χ4v) is 5.18. The van der Waals surface area contributed by atoms with Gasteiger partial charge in [0.25, 0.3) is 5.91 Å². The summed E-state index contributed by atoms with van der Waals surface area (Å²) in [6.07, 6.45) is 0. The third-order valence-electron chi connectivity index (χ3n) is 6.00. The van der Waals surface area contributed by atoms with E-state index in [4.69, 9.17) is 26.3 Å². The predicted molar refractivity (Wildman–Crippen MR) is 146 cm³/mol. The summed E-state index contributed by atoms with van der Waals surface area (Å²) >= 11 is 7.61. The molecule has 2 heterocycles. The van der Waals surface area contributed by atoms with Crippen LogP contribution in [0.1, 0.15) is 22.0 Å². The largest absolute Gasteiger partial charge is 0.382 e. The summed E-state index contributed by atoms with van der Waals surface area (Å²) in [5.41, 5.74) is 5.18. The molecule has 6 nitrogen and oxygen atoms in total. The summed E-state index contributed by atoms with van der Waals surface area (Å²) < 4.78 is 7.83. The van der Waals surface area contributed by atoms with E-state index >= 15 is 0 Å². The maximum atomic E-state index is 12.6. The highest BCUT2D eigenvalue weighted by atomic mass is 35.5. The van der Waals surface area contributed by atoms with Gasteiger partial charge in [-0.3, -0.25) is 4.79 Å². The Morgan fingerprint density at radius 2 is 1.81 bits per heavy atom. The van der Waals surface area contributed by atoms with Crippen LogP contribution in [0.25, 0.3) is 33.1 Å². The van der Waals surface area contributed by atoms with E-state index in [9.17, 15) is 4.79 Å². The van der Waals surface area contributed by atoms with E-state index in [-0.39, 0.29) is 11.9 Å². The lowest BCUT2D eigenvalue weighted by Gasteiger charge is -2.21. The van der Waals surface area contributed by atoms with Crippen molar-refractivity contribution in [3.8, 4) is 22.1 Å². The molecule has 0 aliphatic heterocycles. The van der Waals surface area contributed by atoms with Crippen molar-refractivity contribution >= 4 is 39.9 Å². The van der Waals surface area contributed by atoms with Crippen LogP contribution in [0.5, 0.6) is 0 Å². The molecular weight excluding hydrogens is 492 g/mol. The molecule has 0 saturated heterocycles. The van der Waals surface area contributed by atoms with E-state index in [0.29, 0.717) is 17.2 Å². The molecule has 5 aromatic rings. The zero-order valence-corrected chi connectivity index (χ0v) is 21.8. The summed E-state index contributed by atoms with van der Waals surface area (Å²) in [5.74, 6) is 0.666. The molecule has 3 aromatic carbocycles. The lowest BCUT2D eigenvalue weighted by Crippen LogP contribution is -2.21. The molecule has 0 aliphatic rings. The molecule has 1 amide bonds. The van der Waals surface area contributed by atoms with E-state index in [1.807, 2.05) is 66.0 Å². The van der Waals surface area contributed by atoms with Gasteiger partial charge in [0, 0.05) is 42.7 Å². The SMILES string of the molecule is COC[C@H](c1ccccc1)n1c(-c2nc(-c3ccc(Cl)cc3)cs2)nc2cc(C(=O)N(C)C)ccc21. The molecule has 0 fully saturated rings. The normalized spacial score (nSPS) is 12.1. The fourth-order valence-electron chi connectivity index (χ4n) is 4.24. The average molecular weight is 517 g/mol. The zero-order chi connectivity index (χ0) is 25.2. The molecule has 1 atom stereocenters. The topological polar surface area (TPSA) is 60.2 Å². The van der Waals surface area contributed by atoms with Gasteiger partial charge in [-0.25, -0.2) is 9.97 Å². The zero-order valence-electron chi connectivity index (χ0n) is 20.2. The molecule has 36 heavy (non-hydrogen) atoms. The van der Waals surface area contributed by atoms with Crippen molar-refractivity contribution in [1.29, 1.82) is 0 Å². The van der Waals surface area contributed by atoms with Gasteiger partial charge in [0.2, 0.25) is 0 Å². The minimum absolute atomic E-state index is 0.0659. The molecule has 0 aliphatic carbocycles. The molecular formula is C28H25ClN4O2S. The van der Waals surface area contributed by atoms with Crippen molar-refractivity contribution in [3.05, 3.63) is 94.3 Å². The Bertz CT molecular complexity index is 1510. The number of halogens is 1. The van der Waals surface area contributed by atoms with Crippen molar-refractivity contribution in [3.63, 3.8) is 0 Å². The van der Waals surface area contributed by atoms with Crippen LogP contribution in [-0.4, -0.2) is 53.2 Å². The van der Waals surface area contributed by atoms with Crippen molar-refractivity contribution in [2.75, 3.05) is 27.8 Å². The summed E-state index contributed by atoms with van der Waals surface area (Å²) in [4.78, 5) is 24.1. The number of rotatable bonds is 7. The van der Waals surface area contributed by atoms with Crippen LogP contribution in [0.4, 0.5) is 0 Å². The van der Waals surface area contributed by atoms with Gasteiger partial charge in [-0.2, -0.15) is 0 Å². The molecule has 0 spiro atoms. The average Bonchev–Trinajstić information content (AvgIpc) is 3.52. The summed E-state index contributed by atoms with van der Waals surface area (Å²) in [7, 11) is 5.19. The Kier molecular flexibility index (Phi) is 6.87. The number of thiazole rings is 1. The molecule has 2 aromatic heterocycles. The van der Waals surface area contributed by atoms with Crippen LogP contribution in [0.15, 0.2) is 78.2 Å². The maximum absolute atomic E-state index is 12.6. The first-order chi connectivity index (χ1) is 17.5. The van der Waals surface area contributed by atoms with E-state index in [1.54, 1.807) is 26.1 Å². The first-order valence-electron chi connectivity index (χ1n) is 11.5. The molecule has 0 N–H and O–H groups in total. The third-order valence-corrected chi connectivity index (χ3v) is 7.09. The maximum Gasteiger partial charge on any atom is 0.253 e. The van der Waals surface area contributed by atoms with Crippen molar-refractivity contribution in [1.82, 2.24) is 19.4 Å². The van der Waals surface area contributed by atoms with Crippen LogP contribution in [-0.2, 0) is 4.74 Å². The molecule has 0 bridgehead atoms. The van der Waals surface area contributed by atoms with E-state index in [1.165, 1.54) is 11.3 Å². The summed E-state index contributed by atoms with van der Waals surface area (Å²) in [6, 6.07) is 23.4. The van der Waals surface area contributed by atoms with Crippen molar-refractivity contribution in [2.24, 2.45) is 0 Å². The van der Waals surface area contributed by atoms with Gasteiger partial charge >= 0.3 is 0 Å². The minimum atomic E-state index is -0.130. The molecule has 0 saturated carbocycles. The Labute approximate surface area is 218 Å². The lowest BCUT2D eigenvalue weighted by atomic mass is 10.1. The highest BCUT2D eigenvalue weighted by Crippen LogP contribution is 2.35. The fraction of sp³-hybridized carbons (Fsp3) is 0.179. The second-order valence-electron chi connectivity index (χ2n) is 8.64. The van der Waals surface area contributed by atoms with E-state index in [0.717, 1.165) is 38.7 Å². The first kappa shape index (κ1) is 24.2. The summed E-state index contributed by atoms with van der Waals surface area (Å²) in [5, 5.41) is 3.50. The Morgan fingerprint density at radius 3 is 2.50 bits per heavy atom. The van der Waals surface area contributed by atoms with Gasteiger partial charge in [0.15, 0.2) is 10.8 Å². The smallest absolute Gasteiger partial charge is 0.253 e. The number of fused-ring (bicyclic) bond motifs is 1. The number of ether oxygens (including phenoxy) is 1. The van der Waals surface area contributed by atoms with Crippen molar-refractivity contribution in [2.45, 2.75) is 6.04 Å². The number of benzene rings is 3. The number of carbonyl (C=O) groups is 1. The first-order valence-corrected chi connectivity index (χ1v) is 12.7. The second-order valence-corrected chi connectivity index (χ2v) is 9.93.